The van der Waals surface area contributed by atoms with Crippen LogP contribution in [0.25, 0.3) is 0 Å². The molecule has 5 heteroatoms. The molecule has 0 amide bonds. The van der Waals surface area contributed by atoms with E-state index in [2.05, 4.69) is 6.92 Å². The predicted molar refractivity (Wildman–Crippen MR) is 90.2 cm³/mol. The van der Waals surface area contributed by atoms with Gasteiger partial charge in [0.15, 0.2) is 11.4 Å². The first-order valence-corrected chi connectivity index (χ1v) is 9.18. The van der Waals surface area contributed by atoms with Crippen LogP contribution in [0, 0.1) is 17.3 Å². The highest BCUT2D eigenvalue weighted by molar-refractivity contribution is 6.01. The Kier molecular flexibility index (Phi) is 3.28. The minimum atomic E-state index is -1.88. The summed E-state index contributed by atoms with van der Waals surface area (Å²) in [7, 11) is 0. The normalized spacial score (nSPS) is 43.2. The monoisotopic (exact) mass is 346 g/mol. The van der Waals surface area contributed by atoms with E-state index < -0.39 is 22.9 Å². The zero-order chi connectivity index (χ0) is 18.4. The van der Waals surface area contributed by atoms with E-state index in [1.165, 1.54) is 6.26 Å². The van der Waals surface area contributed by atoms with Crippen molar-refractivity contribution < 1.29 is 24.2 Å². The van der Waals surface area contributed by atoms with Gasteiger partial charge in [0.25, 0.3) is 0 Å². The van der Waals surface area contributed by atoms with Crippen molar-refractivity contribution in [1.82, 2.24) is 0 Å². The van der Waals surface area contributed by atoms with E-state index >= 15 is 0 Å². The Balaban J connectivity index is 2.03. The SMILES string of the molecule is CC(C)[C@@H]1[C@H](O)C(=O)[C@]2(O)c3occ4c3[C@](C)(CCC4=O)CC[C@@]12C. The molecule has 1 fully saturated rings. The zero-order valence-corrected chi connectivity index (χ0v) is 15.3. The summed E-state index contributed by atoms with van der Waals surface area (Å²) in [6.07, 6.45) is 2.68. The Morgan fingerprint density at radius 3 is 2.52 bits per heavy atom. The highest BCUT2D eigenvalue weighted by Gasteiger charge is 2.71. The van der Waals surface area contributed by atoms with E-state index in [9.17, 15) is 19.8 Å². The maximum atomic E-state index is 13.1. The van der Waals surface area contributed by atoms with Gasteiger partial charge in [0.1, 0.15) is 18.1 Å². The van der Waals surface area contributed by atoms with Gasteiger partial charge < -0.3 is 14.6 Å². The molecular weight excluding hydrogens is 320 g/mol. The van der Waals surface area contributed by atoms with Crippen molar-refractivity contribution >= 4 is 11.6 Å². The van der Waals surface area contributed by atoms with Gasteiger partial charge in [0.05, 0.1) is 5.56 Å². The number of aliphatic hydroxyl groups is 2. The molecule has 2 N–H and O–H groups in total. The summed E-state index contributed by atoms with van der Waals surface area (Å²) in [6.45, 7) is 7.93. The van der Waals surface area contributed by atoms with Gasteiger partial charge in [0, 0.05) is 23.3 Å². The van der Waals surface area contributed by atoms with Gasteiger partial charge in [-0.1, -0.05) is 27.7 Å². The fourth-order valence-corrected chi connectivity index (χ4v) is 5.93. The van der Waals surface area contributed by atoms with E-state index in [-0.39, 0.29) is 28.8 Å². The van der Waals surface area contributed by atoms with Crippen LogP contribution < -0.4 is 0 Å². The molecule has 0 aromatic carbocycles. The van der Waals surface area contributed by atoms with Crippen LogP contribution in [-0.4, -0.2) is 27.9 Å². The van der Waals surface area contributed by atoms with Crippen molar-refractivity contribution in [2.45, 2.75) is 70.5 Å². The van der Waals surface area contributed by atoms with Crippen molar-refractivity contribution in [2.75, 3.05) is 0 Å². The Labute approximate surface area is 147 Å². The average Bonchev–Trinajstić information content (AvgIpc) is 3.04. The Morgan fingerprint density at radius 2 is 1.88 bits per heavy atom. The first-order valence-electron chi connectivity index (χ1n) is 9.18. The second kappa shape index (κ2) is 4.83. The molecule has 3 aliphatic carbocycles. The van der Waals surface area contributed by atoms with E-state index in [0.717, 1.165) is 6.42 Å². The molecule has 1 saturated carbocycles. The Bertz CT molecular complexity index is 777. The van der Waals surface area contributed by atoms with Crippen molar-refractivity contribution in [3.05, 3.63) is 23.2 Å². The molecule has 1 heterocycles. The number of carbonyl (C=O) groups excluding carboxylic acids is 2. The minimum Gasteiger partial charge on any atom is -0.465 e. The van der Waals surface area contributed by atoms with E-state index in [4.69, 9.17) is 4.42 Å². The quantitative estimate of drug-likeness (QED) is 0.816. The number of hydrogen-bond acceptors (Lipinski definition) is 5. The smallest absolute Gasteiger partial charge is 0.201 e. The molecule has 0 aliphatic heterocycles. The maximum Gasteiger partial charge on any atom is 0.201 e. The van der Waals surface area contributed by atoms with Crippen LogP contribution >= 0.6 is 0 Å². The van der Waals surface area contributed by atoms with Crippen LogP contribution in [0.2, 0.25) is 0 Å². The van der Waals surface area contributed by atoms with Crippen molar-refractivity contribution in [3.63, 3.8) is 0 Å². The highest BCUT2D eigenvalue weighted by atomic mass is 16.4. The number of carbonyl (C=O) groups is 2. The summed E-state index contributed by atoms with van der Waals surface area (Å²) in [5.41, 5.74) is -1.81. The molecule has 1 aromatic heterocycles. The maximum absolute atomic E-state index is 13.1. The van der Waals surface area contributed by atoms with E-state index in [1.54, 1.807) is 0 Å². The first-order chi connectivity index (χ1) is 11.6. The van der Waals surface area contributed by atoms with Gasteiger partial charge >= 0.3 is 0 Å². The topological polar surface area (TPSA) is 87.7 Å². The molecule has 5 atom stereocenters. The number of fused-ring (bicyclic) bond motifs is 2. The van der Waals surface area contributed by atoms with E-state index in [0.29, 0.717) is 30.4 Å². The summed E-state index contributed by atoms with van der Waals surface area (Å²) in [6, 6.07) is 0. The van der Waals surface area contributed by atoms with Crippen LogP contribution in [0.3, 0.4) is 0 Å². The standard InChI is InChI=1S/C20H26O5/c1-10(2)13-15(22)16(23)20(24)17-14-11(9-25-17)12(21)5-6-18(14,3)7-8-19(13,20)4/h9-10,13,15,22,24H,5-8H2,1-4H3/t13-,15+,18-,19+,20+/m1/s1. The lowest BCUT2D eigenvalue weighted by Gasteiger charge is -2.41. The van der Waals surface area contributed by atoms with Crippen LogP contribution in [0.15, 0.2) is 10.7 Å². The molecule has 0 radical (unpaired) electrons. The molecule has 0 spiro atoms. The Morgan fingerprint density at radius 1 is 1.20 bits per heavy atom. The van der Waals surface area contributed by atoms with Crippen molar-refractivity contribution in [2.24, 2.45) is 17.3 Å². The molecular formula is C20H26O5. The molecule has 4 rings (SSSR count). The summed E-state index contributed by atoms with van der Waals surface area (Å²) in [5.74, 6) is -0.711. The number of Topliss-reactive ketones (excluding diaryl/α,β-unsaturated/α-hetero) is 2. The van der Waals surface area contributed by atoms with Gasteiger partial charge in [-0.2, -0.15) is 0 Å². The van der Waals surface area contributed by atoms with Crippen LogP contribution in [-0.2, 0) is 15.8 Å². The zero-order valence-electron chi connectivity index (χ0n) is 15.3. The third-order valence-electron chi connectivity index (χ3n) is 7.37. The first kappa shape index (κ1) is 17.0. The number of ketones is 2. The third-order valence-corrected chi connectivity index (χ3v) is 7.37. The molecule has 5 nitrogen and oxygen atoms in total. The number of hydrogen-bond donors (Lipinski definition) is 2. The van der Waals surface area contributed by atoms with Gasteiger partial charge in [-0.05, 0) is 30.6 Å². The van der Waals surface area contributed by atoms with Crippen LogP contribution in [0.1, 0.15) is 75.1 Å². The molecule has 3 aliphatic rings. The van der Waals surface area contributed by atoms with Crippen molar-refractivity contribution in [1.29, 1.82) is 0 Å². The summed E-state index contributed by atoms with van der Waals surface area (Å²) in [4.78, 5) is 25.4. The van der Waals surface area contributed by atoms with Gasteiger partial charge in [-0.25, -0.2) is 0 Å². The summed E-state index contributed by atoms with van der Waals surface area (Å²) in [5, 5.41) is 22.3. The molecule has 0 saturated heterocycles. The summed E-state index contributed by atoms with van der Waals surface area (Å²) < 4.78 is 5.73. The number of furan rings is 1. The third kappa shape index (κ3) is 1.76. The van der Waals surface area contributed by atoms with Gasteiger partial charge in [-0.15, -0.1) is 0 Å². The fourth-order valence-electron chi connectivity index (χ4n) is 5.93. The fraction of sp³-hybridized carbons (Fsp3) is 0.700. The predicted octanol–water partition coefficient (Wildman–Crippen LogP) is 2.72. The number of rotatable bonds is 1. The van der Waals surface area contributed by atoms with Crippen LogP contribution in [0.5, 0.6) is 0 Å². The molecule has 25 heavy (non-hydrogen) atoms. The van der Waals surface area contributed by atoms with Crippen LogP contribution in [0.4, 0.5) is 0 Å². The second-order valence-electron chi connectivity index (χ2n) is 9.04. The second-order valence-corrected chi connectivity index (χ2v) is 9.04. The van der Waals surface area contributed by atoms with Gasteiger partial charge in [-0.3, -0.25) is 9.59 Å². The van der Waals surface area contributed by atoms with Gasteiger partial charge in [0.2, 0.25) is 5.78 Å². The average molecular weight is 346 g/mol. The highest BCUT2D eigenvalue weighted by Crippen LogP contribution is 2.64. The van der Waals surface area contributed by atoms with Crippen molar-refractivity contribution in [3.8, 4) is 0 Å². The molecule has 1 aromatic rings. The molecule has 136 valence electrons. The largest absolute Gasteiger partial charge is 0.465 e. The lowest BCUT2D eigenvalue weighted by Crippen LogP contribution is -2.46. The molecule has 0 bridgehead atoms. The minimum absolute atomic E-state index is 0.00100. The Hall–Kier alpha value is -1.46. The van der Waals surface area contributed by atoms with E-state index in [1.807, 2.05) is 20.8 Å². The molecule has 0 unspecified atom stereocenters. The lowest BCUT2D eigenvalue weighted by atomic mass is 9.64. The summed E-state index contributed by atoms with van der Waals surface area (Å²) >= 11 is 0. The number of aliphatic hydroxyl groups excluding tert-OH is 1. The lowest BCUT2D eigenvalue weighted by molar-refractivity contribution is -0.152.